The average Bonchev–Trinajstić information content (AvgIpc) is 3.01. The maximum atomic E-state index is 12.3. The molecule has 3 aromatic carbocycles. The lowest BCUT2D eigenvalue weighted by Crippen LogP contribution is -2.39. The second kappa shape index (κ2) is 11.9. The Morgan fingerprint density at radius 2 is 0.875 bits per heavy atom. The molecule has 6 rings (SSSR count). The Hall–Kier alpha value is -2.94. The molecular formula is C37H46O3. The van der Waals surface area contributed by atoms with Gasteiger partial charge in [-0.25, -0.2) is 0 Å². The maximum absolute atomic E-state index is 12.3. The highest BCUT2D eigenvalue weighted by Crippen LogP contribution is 2.58. The highest BCUT2D eigenvalue weighted by Gasteiger charge is 2.49. The lowest BCUT2D eigenvalue weighted by atomic mass is 9.57. The average molecular weight is 539 g/mol. The first kappa shape index (κ1) is 27.2. The lowest BCUT2D eigenvalue weighted by Gasteiger charge is -2.46. The van der Waals surface area contributed by atoms with Crippen molar-refractivity contribution in [2.45, 2.75) is 114 Å². The SMILES string of the molecule is Oc1ccccc1C(c1cccc(C2CCCCC2)c1O)(c1cccc(C2CCCCC2)c1O)C1CCCCC1. The van der Waals surface area contributed by atoms with Gasteiger partial charge >= 0.3 is 0 Å². The van der Waals surface area contributed by atoms with Gasteiger partial charge < -0.3 is 15.3 Å². The maximum Gasteiger partial charge on any atom is 0.123 e. The molecule has 0 atom stereocenters. The Kier molecular flexibility index (Phi) is 8.10. The van der Waals surface area contributed by atoms with E-state index in [1.807, 2.05) is 18.2 Å². The van der Waals surface area contributed by atoms with Gasteiger partial charge in [0.05, 0.1) is 5.41 Å². The van der Waals surface area contributed by atoms with Gasteiger partial charge in [0.1, 0.15) is 17.2 Å². The second-order valence-corrected chi connectivity index (χ2v) is 12.8. The number of para-hydroxylation sites is 3. The zero-order valence-corrected chi connectivity index (χ0v) is 24.0. The zero-order chi connectivity index (χ0) is 27.5. The van der Waals surface area contributed by atoms with E-state index < -0.39 is 5.41 Å². The summed E-state index contributed by atoms with van der Waals surface area (Å²) >= 11 is 0. The molecule has 0 spiro atoms. The monoisotopic (exact) mass is 538 g/mol. The Morgan fingerprint density at radius 3 is 1.35 bits per heavy atom. The minimum Gasteiger partial charge on any atom is -0.508 e. The van der Waals surface area contributed by atoms with Gasteiger partial charge in [0.2, 0.25) is 0 Å². The van der Waals surface area contributed by atoms with E-state index in [0.29, 0.717) is 23.3 Å². The van der Waals surface area contributed by atoms with Crippen LogP contribution in [0.25, 0.3) is 0 Å². The van der Waals surface area contributed by atoms with Crippen molar-refractivity contribution in [2.75, 3.05) is 0 Å². The molecule has 0 radical (unpaired) electrons. The highest BCUT2D eigenvalue weighted by molar-refractivity contribution is 5.65. The number of phenolic OH excluding ortho intramolecular Hbond substituents is 3. The van der Waals surface area contributed by atoms with Crippen LogP contribution in [0.5, 0.6) is 17.2 Å². The van der Waals surface area contributed by atoms with Gasteiger partial charge in [-0.05, 0) is 73.5 Å². The molecule has 40 heavy (non-hydrogen) atoms. The predicted molar refractivity (Wildman–Crippen MR) is 162 cm³/mol. The van der Waals surface area contributed by atoms with Crippen molar-refractivity contribution in [3.63, 3.8) is 0 Å². The number of rotatable bonds is 6. The minimum atomic E-state index is -0.852. The number of hydrogen-bond donors (Lipinski definition) is 3. The summed E-state index contributed by atoms with van der Waals surface area (Å²) in [5.41, 5.74) is 3.72. The van der Waals surface area contributed by atoms with Gasteiger partial charge in [-0.3, -0.25) is 0 Å². The molecule has 0 heterocycles. The van der Waals surface area contributed by atoms with E-state index in [9.17, 15) is 15.3 Å². The van der Waals surface area contributed by atoms with Crippen LogP contribution in [0, 0.1) is 5.92 Å². The third-order valence-electron chi connectivity index (χ3n) is 10.6. The molecule has 3 nitrogen and oxygen atoms in total. The van der Waals surface area contributed by atoms with Crippen LogP contribution in [0.4, 0.5) is 0 Å². The predicted octanol–water partition coefficient (Wildman–Crippen LogP) is 9.81. The summed E-state index contributed by atoms with van der Waals surface area (Å²) in [5, 5.41) is 36.1. The van der Waals surface area contributed by atoms with Crippen LogP contribution in [0.3, 0.4) is 0 Å². The molecule has 0 bridgehead atoms. The number of aromatic hydroxyl groups is 3. The van der Waals surface area contributed by atoms with Gasteiger partial charge in [-0.2, -0.15) is 0 Å². The van der Waals surface area contributed by atoms with E-state index in [-0.39, 0.29) is 11.7 Å². The normalized spacial score (nSPS) is 20.0. The quantitative estimate of drug-likeness (QED) is 0.274. The van der Waals surface area contributed by atoms with Gasteiger partial charge in [0.25, 0.3) is 0 Å². The van der Waals surface area contributed by atoms with Crippen LogP contribution >= 0.6 is 0 Å². The van der Waals surface area contributed by atoms with Crippen LogP contribution < -0.4 is 0 Å². The molecule has 3 fully saturated rings. The largest absolute Gasteiger partial charge is 0.508 e. The molecule has 3 aliphatic rings. The fourth-order valence-electron chi connectivity index (χ4n) is 8.68. The van der Waals surface area contributed by atoms with Crippen molar-refractivity contribution in [2.24, 2.45) is 5.92 Å². The van der Waals surface area contributed by atoms with Gasteiger partial charge in [0.15, 0.2) is 0 Å². The fourth-order valence-corrected chi connectivity index (χ4v) is 8.68. The summed E-state index contributed by atoms with van der Waals surface area (Å²) in [6.07, 6.45) is 17.2. The van der Waals surface area contributed by atoms with E-state index in [1.54, 1.807) is 6.07 Å². The lowest BCUT2D eigenvalue weighted by molar-refractivity contribution is 0.254. The molecule has 0 saturated heterocycles. The summed E-state index contributed by atoms with van der Waals surface area (Å²) in [5.74, 6) is 1.82. The molecule has 0 aliphatic heterocycles. The summed E-state index contributed by atoms with van der Waals surface area (Å²) in [7, 11) is 0. The Labute approximate surface area is 240 Å². The third-order valence-corrected chi connectivity index (χ3v) is 10.6. The first-order chi connectivity index (χ1) is 19.6. The van der Waals surface area contributed by atoms with E-state index in [2.05, 4.69) is 36.4 Å². The molecule has 3 aromatic rings. The number of phenols is 3. The van der Waals surface area contributed by atoms with Crippen LogP contribution in [-0.4, -0.2) is 15.3 Å². The Bertz CT molecular complexity index is 1230. The van der Waals surface area contributed by atoms with Crippen molar-refractivity contribution in [1.82, 2.24) is 0 Å². The minimum absolute atomic E-state index is 0.148. The summed E-state index contributed by atoms with van der Waals surface area (Å²) in [6, 6.07) is 20.3. The standard InChI is InChI=1S/C37H46O3/c38-34-25-11-10-22-31(34)37(28-18-8-3-9-19-28,32-23-12-20-29(35(32)39)26-14-4-1-5-15-26)33-24-13-21-30(36(33)40)27-16-6-2-7-17-27/h10-13,20-28,38-40H,1-9,14-19H2. The van der Waals surface area contributed by atoms with E-state index in [1.165, 1.54) is 44.9 Å². The molecule has 0 amide bonds. The summed E-state index contributed by atoms with van der Waals surface area (Å²) in [4.78, 5) is 0. The summed E-state index contributed by atoms with van der Waals surface area (Å²) < 4.78 is 0. The van der Waals surface area contributed by atoms with Gasteiger partial charge in [-0.1, -0.05) is 112 Å². The van der Waals surface area contributed by atoms with Crippen LogP contribution in [0.1, 0.15) is 136 Å². The molecule has 3 N–H and O–H groups in total. The smallest absolute Gasteiger partial charge is 0.123 e. The van der Waals surface area contributed by atoms with Crippen molar-refractivity contribution < 1.29 is 15.3 Å². The fraction of sp³-hybridized carbons (Fsp3) is 0.514. The Balaban J connectivity index is 1.64. The molecule has 0 aromatic heterocycles. The molecule has 212 valence electrons. The molecule has 3 saturated carbocycles. The number of hydrogen-bond acceptors (Lipinski definition) is 3. The zero-order valence-electron chi connectivity index (χ0n) is 24.0. The van der Waals surface area contributed by atoms with Gasteiger partial charge in [-0.15, -0.1) is 0 Å². The second-order valence-electron chi connectivity index (χ2n) is 12.8. The Morgan fingerprint density at radius 1 is 0.450 bits per heavy atom. The third kappa shape index (κ3) is 4.80. The molecule has 3 heteroatoms. The number of benzene rings is 3. The van der Waals surface area contributed by atoms with Crippen molar-refractivity contribution in [3.05, 3.63) is 88.5 Å². The van der Waals surface area contributed by atoms with Crippen molar-refractivity contribution in [1.29, 1.82) is 0 Å². The first-order valence-corrected chi connectivity index (χ1v) is 16.1. The molecule has 3 aliphatic carbocycles. The highest BCUT2D eigenvalue weighted by atomic mass is 16.3. The van der Waals surface area contributed by atoms with E-state index >= 15 is 0 Å². The van der Waals surface area contributed by atoms with Crippen LogP contribution in [0.15, 0.2) is 60.7 Å². The van der Waals surface area contributed by atoms with Crippen LogP contribution in [-0.2, 0) is 5.41 Å². The summed E-state index contributed by atoms with van der Waals surface area (Å²) in [6.45, 7) is 0. The molecule has 0 unspecified atom stereocenters. The van der Waals surface area contributed by atoms with Crippen molar-refractivity contribution >= 4 is 0 Å². The van der Waals surface area contributed by atoms with E-state index in [0.717, 1.165) is 79.2 Å². The van der Waals surface area contributed by atoms with Crippen molar-refractivity contribution in [3.8, 4) is 17.2 Å². The first-order valence-electron chi connectivity index (χ1n) is 16.1. The topological polar surface area (TPSA) is 60.7 Å². The molecular weight excluding hydrogens is 492 g/mol. The van der Waals surface area contributed by atoms with Gasteiger partial charge in [0, 0.05) is 16.7 Å². The van der Waals surface area contributed by atoms with Crippen LogP contribution in [0.2, 0.25) is 0 Å². The van der Waals surface area contributed by atoms with E-state index in [4.69, 9.17) is 0 Å².